The average molecular weight is 359 g/mol. The van der Waals surface area contributed by atoms with E-state index in [9.17, 15) is 0 Å². The fourth-order valence-electron chi connectivity index (χ4n) is 8.73. The topological polar surface area (TPSA) is 9.23 Å². The van der Waals surface area contributed by atoms with Crippen LogP contribution in [0.1, 0.15) is 99.8 Å². The van der Waals surface area contributed by atoms with Crippen molar-refractivity contribution in [2.24, 2.45) is 32.5 Å². The molecule has 0 unspecified atom stereocenters. The average Bonchev–Trinajstić information content (AvgIpc) is 2.79. The van der Waals surface area contributed by atoms with Crippen molar-refractivity contribution in [2.75, 3.05) is 7.11 Å². The molecule has 148 valence electrons. The molecular weight excluding hydrogens is 316 g/mol. The maximum Gasteiger partial charge on any atom is 0.0608 e. The number of fused-ring (bicyclic) bond motifs is 5. The highest BCUT2D eigenvalue weighted by Gasteiger charge is 2.74. The molecule has 3 saturated carbocycles. The molecule has 26 heavy (non-hydrogen) atoms. The summed E-state index contributed by atoms with van der Waals surface area (Å²) in [6.07, 6.45) is 13.7. The first-order valence-electron chi connectivity index (χ1n) is 11.1. The van der Waals surface area contributed by atoms with E-state index in [4.69, 9.17) is 4.74 Å². The lowest BCUT2D eigenvalue weighted by Gasteiger charge is -2.74. The van der Waals surface area contributed by atoms with Crippen LogP contribution in [-0.4, -0.2) is 13.2 Å². The molecule has 1 heteroatoms. The van der Waals surface area contributed by atoms with Crippen molar-refractivity contribution in [3.63, 3.8) is 0 Å². The summed E-state index contributed by atoms with van der Waals surface area (Å²) in [6, 6.07) is 0. The Morgan fingerprint density at radius 1 is 0.769 bits per heavy atom. The van der Waals surface area contributed by atoms with E-state index in [2.05, 4.69) is 54.5 Å². The van der Waals surface area contributed by atoms with Gasteiger partial charge < -0.3 is 4.74 Å². The summed E-state index contributed by atoms with van der Waals surface area (Å²) in [5.74, 6) is 0. The second kappa shape index (κ2) is 5.19. The molecule has 0 saturated heterocycles. The van der Waals surface area contributed by atoms with Crippen LogP contribution in [0.5, 0.6) is 0 Å². The van der Waals surface area contributed by atoms with Crippen LogP contribution in [0.2, 0.25) is 0 Å². The molecule has 6 atom stereocenters. The highest BCUT2D eigenvalue weighted by atomic mass is 16.5. The maximum atomic E-state index is 5.77. The van der Waals surface area contributed by atoms with Gasteiger partial charge in [0.05, 0.1) is 6.10 Å². The lowest BCUT2D eigenvalue weighted by molar-refractivity contribution is -0.228. The van der Waals surface area contributed by atoms with Gasteiger partial charge in [-0.2, -0.15) is 0 Å². The second-order valence-electron chi connectivity index (χ2n) is 12.1. The first kappa shape index (κ1) is 19.0. The van der Waals surface area contributed by atoms with Crippen LogP contribution in [0, 0.1) is 32.5 Å². The van der Waals surface area contributed by atoms with Gasteiger partial charge in [-0.05, 0) is 83.9 Å². The molecule has 1 nitrogen and oxygen atoms in total. The first-order chi connectivity index (χ1) is 11.9. The Kier molecular flexibility index (Phi) is 3.80. The van der Waals surface area contributed by atoms with E-state index in [-0.39, 0.29) is 0 Å². The van der Waals surface area contributed by atoms with Gasteiger partial charge in [0, 0.05) is 7.11 Å². The highest BCUT2D eigenvalue weighted by Crippen LogP contribution is 2.82. The van der Waals surface area contributed by atoms with Crippen LogP contribution >= 0.6 is 0 Å². The lowest BCUT2D eigenvalue weighted by Crippen LogP contribution is -2.66. The summed E-state index contributed by atoms with van der Waals surface area (Å²) in [7, 11) is 1.90. The predicted molar refractivity (Wildman–Crippen MR) is 110 cm³/mol. The fraction of sp³-hybridized carbons (Fsp3) is 0.920. The highest BCUT2D eigenvalue weighted by molar-refractivity contribution is 5.33. The van der Waals surface area contributed by atoms with Crippen molar-refractivity contribution in [3.8, 4) is 0 Å². The normalized spacial score (nSPS) is 55.5. The number of rotatable bonds is 1. The largest absolute Gasteiger partial charge is 0.381 e. The molecular formula is C25H42O. The molecule has 4 aliphatic rings. The van der Waals surface area contributed by atoms with E-state index < -0.39 is 0 Å². The van der Waals surface area contributed by atoms with Gasteiger partial charge in [0.15, 0.2) is 0 Å². The molecule has 0 heterocycles. The molecule has 0 aliphatic heterocycles. The van der Waals surface area contributed by atoms with E-state index in [1.54, 1.807) is 5.57 Å². The zero-order valence-electron chi connectivity index (χ0n) is 18.7. The molecule has 0 aromatic heterocycles. The molecule has 3 fully saturated rings. The standard InChI is InChI=1S/C25H42O/c1-20(2)13-14-25(7)22(20,4)15-16-23(5)21(3)11-10-19(26-8)17-18(21)9-12-24(23,25)6/h9,19H,10-17H2,1-8H3/t19-,21-,22+,23+,24+,25+/m0/s1. The minimum absolute atomic E-state index is 0.353. The van der Waals surface area contributed by atoms with Crippen LogP contribution in [0.25, 0.3) is 0 Å². The number of ether oxygens (including phenoxy) is 1. The van der Waals surface area contributed by atoms with Crippen LogP contribution in [-0.2, 0) is 4.74 Å². The van der Waals surface area contributed by atoms with E-state index in [1.165, 1.54) is 44.9 Å². The van der Waals surface area contributed by atoms with E-state index >= 15 is 0 Å². The van der Waals surface area contributed by atoms with Crippen molar-refractivity contribution in [3.05, 3.63) is 11.6 Å². The Bertz CT molecular complexity index is 647. The summed E-state index contributed by atoms with van der Waals surface area (Å²) in [4.78, 5) is 0. The van der Waals surface area contributed by atoms with Crippen LogP contribution in [0.15, 0.2) is 11.6 Å². The van der Waals surface area contributed by atoms with Crippen LogP contribution < -0.4 is 0 Å². The summed E-state index contributed by atoms with van der Waals surface area (Å²) < 4.78 is 5.77. The minimum Gasteiger partial charge on any atom is -0.381 e. The van der Waals surface area contributed by atoms with Crippen molar-refractivity contribution in [2.45, 2.75) is 106 Å². The van der Waals surface area contributed by atoms with E-state index in [1.807, 2.05) is 7.11 Å². The monoisotopic (exact) mass is 358 g/mol. The predicted octanol–water partition coefficient (Wildman–Crippen LogP) is 7.16. The van der Waals surface area contributed by atoms with Crippen LogP contribution in [0.3, 0.4) is 0 Å². The van der Waals surface area contributed by atoms with Gasteiger partial charge in [0.2, 0.25) is 0 Å². The second-order valence-corrected chi connectivity index (χ2v) is 12.1. The Labute approximate surface area is 162 Å². The number of allylic oxidation sites excluding steroid dienone is 1. The summed E-state index contributed by atoms with van der Waals surface area (Å²) in [6.45, 7) is 18.4. The third-order valence-corrected chi connectivity index (χ3v) is 12.0. The number of hydrogen-bond acceptors (Lipinski definition) is 1. The Hall–Kier alpha value is -0.300. The number of methoxy groups -OCH3 is 1. The third-order valence-electron chi connectivity index (χ3n) is 12.0. The van der Waals surface area contributed by atoms with Crippen molar-refractivity contribution in [1.82, 2.24) is 0 Å². The van der Waals surface area contributed by atoms with Crippen molar-refractivity contribution < 1.29 is 4.74 Å². The van der Waals surface area contributed by atoms with Crippen molar-refractivity contribution >= 4 is 0 Å². The molecule has 4 rings (SSSR count). The maximum absolute atomic E-state index is 5.77. The summed E-state index contributed by atoms with van der Waals surface area (Å²) in [5, 5.41) is 0. The molecule has 0 N–H and O–H groups in total. The van der Waals surface area contributed by atoms with E-state index in [0.29, 0.717) is 38.6 Å². The van der Waals surface area contributed by atoms with Gasteiger partial charge in [-0.15, -0.1) is 0 Å². The molecule has 0 aromatic carbocycles. The third kappa shape index (κ3) is 1.79. The van der Waals surface area contributed by atoms with Gasteiger partial charge in [-0.1, -0.05) is 60.1 Å². The van der Waals surface area contributed by atoms with Crippen molar-refractivity contribution in [1.29, 1.82) is 0 Å². The first-order valence-corrected chi connectivity index (χ1v) is 11.1. The zero-order valence-corrected chi connectivity index (χ0v) is 18.7. The molecule has 0 amide bonds. The quantitative estimate of drug-likeness (QED) is 0.452. The molecule has 0 bridgehead atoms. The van der Waals surface area contributed by atoms with Gasteiger partial charge in [-0.25, -0.2) is 0 Å². The van der Waals surface area contributed by atoms with Gasteiger partial charge in [0.1, 0.15) is 0 Å². The van der Waals surface area contributed by atoms with Gasteiger partial charge in [0.25, 0.3) is 0 Å². The fourth-order valence-corrected chi connectivity index (χ4v) is 8.73. The lowest BCUT2D eigenvalue weighted by atomic mass is 9.30. The van der Waals surface area contributed by atoms with Gasteiger partial charge in [-0.3, -0.25) is 0 Å². The van der Waals surface area contributed by atoms with Gasteiger partial charge >= 0.3 is 0 Å². The Balaban J connectivity index is 1.85. The SMILES string of the molecule is CO[C@H]1CC[C@@]2(C)C(=CC[C@]3(C)[C@]2(C)CC[C@]2(C)C(C)(C)CC[C@@]32C)C1. The van der Waals surface area contributed by atoms with E-state index in [0.717, 1.165) is 6.42 Å². The zero-order chi connectivity index (χ0) is 19.2. The Morgan fingerprint density at radius 3 is 2.04 bits per heavy atom. The molecule has 4 aliphatic carbocycles. The molecule has 0 radical (unpaired) electrons. The molecule has 0 spiro atoms. The summed E-state index contributed by atoms with van der Waals surface area (Å²) >= 11 is 0. The smallest absolute Gasteiger partial charge is 0.0608 e. The van der Waals surface area contributed by atoms with Crippen LogP contribution in [0.4, 0.5) is 0 Å². The number of hydrogen-bond donors (Lipinski definition) is 0. The minimum atomic E-state index is 0.353. The molecule has 0 aromatic rings. The Morgan fingerprint density at radius 2 is 1.38 bits per heavy atom. The summed E-state index contributed by atoms with van der Waals surface area (Å²) in [5.41, 5.74) is 4.21.